The van der Waals surface area contributed by atoms with Crippen LogP contribution in [0, 0.1) is 5.41 Å². The molecule has 0 spiro atoms. The third-order valence-electron chi connectivity index (χ3n) is 5.58. The second-order valence-corrected chi connectivity index (χ2v) is 8.22. The maximum Gasteiger partial charge on any atom is 0.162 e. The van der Waals surface area contributed by atoms with Crippen molar-refractivity contribution in [2.75, 3.05) is 5.32 Å². The summed E-state index contributed by atoms with van der Waals surface area (Å²) in [4.78, 5) is 22.3. The fraction of sp³-hybridized carbons (Fsp3) is 0.261. The highest BCUT2D eigenvalue weighted by Crippen LogP contribution is 2.51. The molecule has 27 heavy (non-hydrogen) atoms. The molecule has 3 heterocycles. The van der Waals surface area contributed by atoms with Crippen LogP contribution in [0.15, 0.2) is 60.4 Å². The first kappa shape index (κ1) is 16.2. The Morgan fingerprint density at radius 1 is 1.00 bits per heavy atom. The van der Waals surface area contributed by atoms with E-state index < -0.39 is 0 Å². The summed E-state index contributed by atoms with van der Waals surface area (Å²) in [5.74, 6) is 0.218. The van der Waals surface area contributed by atoms with Crippen LogP contribution in [0.1, 0.15) is 44.0 Å². The minimum atomic E-state index is -0.202. The van der Waals surface area contributed by atoms with Gasteiger partial charge in [0.2, 0.25) is 0 Å². The van der Waals surface area contributed by atoms with Crippen molar-refractivity contribution in [3.05, 3.63) is 71.7 Å². The Bertz CT molecular complexity index is 1100. The molecule has 5 rings (SSSR count). The molecule has 4 heteroatoms. The van der Waals surface area contributed by atoms with Gasteiger partial charge in [-0.15, -0.1) is 0 Å². The molecule has 1 atom stereocenters. The number of ketones is 1. The monoisotopic (exact) mass is 355 g/mol. The van der Waals surface area contributed by atoms with Gasteiger partial charge in [-0.2, -0.15) is 0 Å². The number of fused-ring (bicyclic) bond motifs is 4. The molecule has 0 saturated heterocycles. The van der Waals surface area contributed by atoms with Crippen molar-refractivity contribution in [2.24, 2.45) is 5.41 Å². The molecule has 0 bridgehead atoms. The number of aromatic nitrogens is 2. The normalized spacial score (nSPS) is 20.8. The minimum Gasteiger partial charge on any atom is -0.372 e. The van der Waals surface area contributed by atoms with Crippen molar-refractivity contribution in [1.82, 2.24) is 9.97 Å². The van der Waals surface area contributed by atoms with Gasteiger partial charge in [0.1, 0.15) is 0 Å². The van der Waals surface area contributed by atoms with Crippen LogP contribution in [0.25, 0.3) is 16.5 Å². The van der Waals surface area contributed by atoms with Crippen molar-refractivity contribution in [3.63, 3.8) is 0 Å². The fourth-order valence-corrected chi connectivity index (χ4v) is 4.49. The Labute approximate surface area is 158 Å². The van der Waals surface area contributed by atoms with Crippen LogP contribution in [-0.4, -0.2) is 15.8 Å². The van der Waals surface area contributed by atoms with Crippen molar-refractivity contribution in [2.45, 2.75) is 32.7 Å². The molecular weight excluding hydrogens is 334 g/mol. The number of carbonyl (C=O) groups excluding carboxylic acids is 1. The Balaban J connectivity index is 1.82. The second kappa shape index (κ2) is 5.74. The number of nitrogens with one attached hydrogen (secondary N) is 1. The molecule has 4 nitrogen and oxygen atoms in total. The van der Waals surface area contributed by atoms with Gasteiger partial charge in [-0.25, -0.2) is 0 Å². The highest BCUT2D eigenvalue weighted by molar-refractivity contribution is 6.12. The maximum atomic E-state index is 13.2. The molecule has 3 aromatic rings. The first-order valence-electron chi connectivity index (χ1n) is 9.35. The van der Waals surface area contributed by atoms with Crippen molar-refractivity contribution in [3.8, 4) is 0 Å². The number of hydrogen-bond acceptors (Lipinski definition) is 4. The average molecular weight is 355 g/mol. The van der Waals surface area contributed by atoms with E-state index in [1.165, 1.54) is 0 Å². The third-order valence-corrected chi connectivity index (χ3v) is 5.58. The lowest BCUT2D eigenvalue weighted by Gasteiger charge is -2.39. The Morgan fingerprint density at radius 3 is 2.67 bits per heavy atom. The van der Waals surface area contributed by atoms with Gasteiger partial charge in [0.15, 0.2) is 5.78 Å². The number of hydrogen-bond donors (Lipinski definition) is 1. The number of benzene rings is 1. The van der Waals surface area contributed by atoms with Gasteiger partial charge in [0, 0.05) is 41.0 Å². The number of rotatable bonds is 1. The molecule has 1 N–H and O–H groups in total. The molecule has 134 valence electrons. The minimum absolute atomic E-state index is 0.0520. The highest BCUT2D eigenvalue weighted by atomic mass is 16.1. The molecule has 1 aliphatic heterocycles. The van der Waals surface area contributed by atoms with E-state index in [1.807, 2.05) is 36.5 Å². The van der Waals surface area contributed by atoms with Crippen LogP contribution in [0.4, 0.5) is 5.69 Å². The summed E-state index contributed by atoms with van der Waals surface area (Å²) in [5.41, 5.74) is 5.99. The van der Waals surface area contributed by atoms with Gasteiger partial charge in [0.25, 0.3) is 0 Å². The van der Waals surface area contributed by atoms with Gasteiger partial charge in [-0.1, -0.05) is 26.0 Å². The Kier molecular flexibility index (Phi) is 3.44. The number of nitrogens with zero attached hydrogens (tertiary/aromatic N) is 2. The number of allylic oxidation sites excluding steroid dienone is 1. The molecule has 1 aliphatic carbocycles. The fourth-order valence-electron chi connectivity index (χ4n) is 4.49. The van der Waals surface area contributed by atoms with Crippen LogP contribution in [0.2, 0.25) is 0 Å². The summed E-state index contributed by atoms with van der Waals surface area (Å²) in [7, 11) is 0. The Hall–Kier alpha value is -3.01. The lowest BCUT2D eigenvalue weighted by Crippen LogP contribution is -2.33. The first-order chi connectivity index (χ1) is 13.0. The van der Waals surface area contributed by atoms with E-state index in [-0.39, 0.29) is 17.2 Å². The largest absolute Gasteiger partial charge is 0.372 e. The van der Waals surface area contributed by atoms with E-state index in [1.54, 1.807) is 6.20 Å². The van der Waals surface area contributed by atoms with Crippen LogP contribution in [0.3, 0.4) is 0 Å². The van der Waals surface area contributed by atoms with Crippen LogP contribution in [-0.2, 0) is 4.79 Å². The summed E-state index contributed by atoms with van der Waals surface area (Å²) in [6.45, 7) is 4.35. The summed E-state index contributed by atoms with van der Waals surface area (Å²) < 4.78 is 0. The topological polar surface area (TPSA) is 54.9 Å². The lowest BCUT2D eigenvalue weighted by molar-refractivity contribution is -0.118. The standard InChI is InChI=1S/C23H21N3O/c1-23(2)12-15-20-14-6-5-11-24-16(14)8-9-17(20)26-22(21(15)19(27)13-23)18-7-3-4-10-25-18/h3-11,22,26H,12-13H2,1-2H3. The maximum absolute atomic E-state index is 13.2. The van der Waals surface area contributed by atoms with Gasteiger partial charge in [0.05, 0.1) is 17.3 Å². The van der Waals surface area contributed by atoms with E-state index in [0.717, 1.165) is 45.4 Å². The van der Waals surface area contributed by atoms with Gasteiger partial charge >= 0.3 is 0 Å². The van der Waals surface area contributed by atoms with E-state index in [2.05, 4.69) is 41.3 Å². The van der Waals surface area contributed by atoms with Gasteiger partial charge < -0.3 is 5.32 Å². The van der Waals surface area contributed by atoms with Crippen LogP contribution in [0.5, 0.6) is 0 Å². The molecule has 0 radical (unpaired) electrons. The zero-order chi connectivity index (χ0) is 18.6. The van der Waals surface area contributed by atoms with E-state index >= 15 is 0 Å². The summed E-state index contributed by atoms with van der Waals surface area (Å²) in [5, 5.41) is 4.69. The molecule has 2 aliphatic rings. The quantitative estimate of drug-likeness (QED) is 0.672. The zero-order valence-electron chi connectivity index (χ0n) is 15.5. The SMILES string of the molecule is CC1(C)CC(=O)C2=C(C1)c1c(ccc3ncccc13)NC2c1ccccn1. The predicted octanol–water partition coefficient (Wildman–Crippen LogP) is 4.94. The number of Topliss-reactive ketones (excluding diaryl/α,β-unsaturated/α-hetero) is 1. The van der Waals surface area contributed by atoms with E-state index in [0.29, 0.717) is 6.42 Å². The predicted molar refractivity (Wildman–Crippen MR) is 107 cm³/mol. The summed E-state index contributed by atoms with van der Waals surface area (Å²) >= 11 is 0. The average Bonchev–Trinajstić information content (AvgIpc) is 2.66. The zero-order valence-corrected chi connectivity index (χ0v) is 15.5. The smallest absolute Gasteiger partial charge is 0.162 e. The molecule has 0 amide bonds. The highest BCUT2D eigenvalue weighted by Gasteiger charge is 2.41. The molecule has 0 fully saturated rings. The summed E-state index contributed by atoms with van der Waals surface area (Å²) in [6, 6.07) is 13.8. The van der Waals surface area contributed by atoms with E-state index in [9.17, 15) is 4.79 Å². The van der Waals surface area contributed by atoms with Crippen LogP contribution < -0.4 is 5.32 Å². The third kappa shape index (κ3) is 2.55. The molecular formula is C23H21N3O. The van der Waals surface area contributed by atoms with Gasteiger partial charge in [-0.05, 0) is 47.7 Å². The summed E-state index contributed by atoms with van der Waals surface area (Å²) in [6.07, 6.45) is 5.04. The van der Waals surface area contributed by atoms with Crippen molar-refractivity contribution >= 4 is 27.9 Å². The Morgan fingerprint density at radius 2 is 1.85 bits per heavy atom. The molecule has 0 saturated carbocycles. The van der Waals surface area contributed by atoms with Crippen LogP contribution >= 0.6 is 0 Å². The number of anilines is 1. The molecule has 2 aromatic heterocycles. The van der Waals surface area contributed by atoms with Crippen molar-refractivity contribution < 1.29 is 4.79 Å². The molecule has 1 unspecified atom stereocenters. The van der Waals surface area contributed by atoms with Crippen molar-refractivity contribution in [1.29, 1.82) is 0 Å². The van der Waals surface area contributed by atoms with E-state index in [4.69, 9.17) is 0 Å². The number of pyridine rings is 2. The number of carbonyl (C=O) groups is 1. The lowest BCUT2D eigenvalue weighted by atomic mass is 9.68. The first-order valence-corrected chi connectivity index (χ1v) is 9.35. The molecule has 1 aromatic carbocycles. The van der Waals surface area contributed by atoms with Gasteiger partial charge in [-0.3, -0.25) is 14.8 Å². The second-order valence-electron chi connectivity index (χ2n) is 8.22.